The summed E-state index contributed by atoms with van der Waals surface area (Å²) in [4.78, 5) is 35.8. The maximum Gasteiger partial charge on any atom is 0.357 e. The van der Waals surface area contributed by atoms with Gasteiger partial charge in [-0.15, -0.1) is 5.06 Å². The number of carbonyl (C=O) groups is 2. The Morgan fingerprint density at radius 1 is 1.27 bits per heavy atom. The molecule has 0 unspecified atom stereocenters. The molecular formula is C27H33N5O5. The molecule has 0 saturated heterocycles. The third-order valence-corrected chi connectivity index (χ3v) is 7.53. The second kappa shape index (κ2) is 10.9. The number of carbonyl (C=O) groups excluding carboxylic acids is 1. The van der Waals surface area contributed by atoms with Crippen molar-refractivity contribution in [2.24, 2.45) is 13.0 Å². The van der Waals surface area contributed by atoms with E-state index in [1.807, 2.05) is 6.07 Å². The summed E-state index contributed by atoms with van der Waals surface area (Å²) in [7, 11) is 1.79. The molecule has 3 aromatic rings. The van der Waals surface area contributed by atoms with Crippen LogP contribution in [-0.4, -0.2) is 67.2 Å². The highest BCUT2D eigenvalue weighted by Crippen LogP contribution is 2.37. The summed E-state index contributed by atoms with van der Waals surface area (Å²) in [6.45, 7) is 0.633. The van der Waals surface area contributed by atoms with Crippen LogP contribution in [0.3, 0.4) is 0 Å². The molecule has 1 fully saturated rings. The molecule has 5 rings (SSSR count). The Labute approximate surface area is 215 Å². The van der Waals surface area contributed by atoms with Crippen molar-refractivity contribution >= 4 is 28.7 Å². The number of rotatable bonds is 10. The average molecular weight is 508 g/mol. The molecular weight excluding hydrogens is 474 g/mol. The summed E-state index contributed by atoms with van der Waals surface area (Å²) in [6.07, 6.45) is 6.94. The van der Waals surface area contributed by atoms with Crippen LogP contribution in [0.1, 0.15) is 53.7 Å². The van der Waals surface area contributed by atoms with Gasteiger partial charge in [0, 0.05) is 37.3 Å². The molecule has 10 nitrogen and oxygen atoms in total. The SMILES string of the molecule is Cn1ncc2c(C(=O)ON(C3CC(CCc4ccc5c(n4)NCCC5)C3)[C@@H](CCO)C(=O)O)cccc21. The number of nitrogens with zero attached hydrogens (tertiary/aromatic N) is 4. The van der Waals surface area contributed by atoms with Gasteiger partial charge in [-0.2, -0.15) is 5.10 Å². The molecule has 0 radical (unpaired) electrons. The zero-order chi connectivity index (χ0) is 25.9. The second-order valence-corrected chi connectivity index (χ2v) is 9.98. The molecule has 1 aliphatic heterocycles. The van der Waals surface area contributed by atoms with Gasteiger partial charge in [0.25, 0.3) is 0 Å². The number of carboxylic acid groups (broad SMARTS) is 1. The molecule has 1 aromatic carbocycles. The number of aromatic nitrogens is 3. The Morgan fingerprint density at radius 2 is 2.11 bits per heavy atom. The molecule has 10 heteroatoms. The van der Waals surface area contributed by atoms with Gasteiger partial charge in [-0.25, -0.2) is 9.78 Å². The average Bonchev–Trinajstić information content (AvgIpc) is 3.26. The van der Waals surface area contributed by atoms with E-state index < -0.39 is 18.0 Å². The molecule has 0 amide bonds. The van der Waals surface area contributed by atoms with E-state index in [4.69, 9.17) is 9.82 Å². The van der Waals surface area contributed by atoms with Gasteiger partial charge in [0.2, 0.25) is 0 Å². The van der Waals surface area contributed by atoms with Crippen LogP contribution in [-0.2, 0) is 29.5 Å². The van der Waals surface area contributed by atoms with Gasteiger partial charge in [-0.3, -0.25) is 9.48 Å². The number of benzene rings is 1. The number of hydroxylamine groups is 2. The van der Waals surface area contributed by atoms with Crippen molar-refractivity contribution in [2.45, 2.75) is 57.0 Å². The van der Waals surface area contributed by atoms with Crippen LogP contribution >= 0.6 is 0 Å². The lowest BCUT2D eigenvalue weighted by Gasteiger charge is -2.43. The van der Waals surface area contributed by atoms with Gasteiger partial charge < -0.3 is 20.4 Å². The zero-order valence-electron chi connectivity index (χ0n) is 21.0. The number of aliphatic carboxylic acids is 1. The number of aryl methyl sites for hydroxylation is 3. The lowest BCUT2D eigenvalue weighted by molar-refractivity contribution is -0.204. The highest BCUT2D eigenvalue weighted by molar-refractivity contribution is 6.03. The first-order valence-corrected chi connectivity index (χ1v) is 12.9. The van der Waals surface area contributed by atoms with E-state index in [2.05, 4.69) is 22.5 Å². The number of hydrogen-bond acceptors (Lipinski definition) is 8. The number of fused-ring (bicyclic) bond motifs is 2. The van der Waals surface area contributed by atoms with Gasteiger partial charge in [-0.1, -0.05) is 12.1 Å². The Morgan fingerprint density at radius 3 is 2.89 bits per heavy atom. The smallest absolute Gasteiger partial charge is 0.357 e. The summed E-state index contributed by atoms with van der Waals surface area (Å²) >= 11 is 0. The number of pyridine rings is 1. The minimum atomic E-state index is -1.13. The first-order valence-electron chi connectivity index (χ1n) is 12.9. The van der Waals surface area contributed by atoms with Crippen molar-refractivity contribution in [3.05, 3.63) is 53.3 Å². The summed E-state index contributed by atoms with van der Waals surface area (Å²) in [5.41, 5.74) is 3.42. The Hall–Kier alpha value is -3.50. The van der Waals surface area contributed by atoms with E-state index in [1.165, 1.54) is 10.6 Å². The number of anilines is 1. The van der Waals surface area contributed by atoms with E-state index >= 15 is 0 Å². The fraction of sp³-hybridized carbons (Fsp3) is 0.481. The number of nitrogens with one attached hydrogen (secondary N) is 1. The van der Waals surface area contributed by atoms with Gasteiger partial charge >= 0.3 is 11.9 Å². The predicted octanol–water partition coefficient (Wildman–Crippen LogP) is 2.95. The molecule has 1 atom stereocenters. The van der Waals surface area contributed by atoms with E-state index in [9.17, 15) is 19.8 Å². The molecule has 3 heterocycles. The molecule has 2 aromatic heterocycles. The van der Waals surface area contributed by atoms with Crippen LogP contribution in [0.5, 0.6) is 0 Å². The van der Waals surface area contributed by atoms with Crippen LogP contribution in [0.2, 0.25) is 0 Å². The van der Waals surface area contributed by atoms with Crippen LogP contribution in [0.4, 0.5) is 5.82 Å². The quantitative estimate of drug-likeness (QED) is 0.355. The molecule has 196 valence electrons. The van der Waals surface area contributed by atoms with Crippen molar-refractivity contribution in [1.82, 2.24) is 19.8 Å². The van der Waals surface area contributed by atoms with E-state index in [0.717, 1.165) is 49.3 Å². The van der Waals surface area contributed by atoms with Crippen LogP contribution in [0.15, 0.2) is 36.5 Å². The zero-order valence-corrected chi connectivity index (χ0v) is 21.0. The molecule has 1 saturated carbocycles. The standard InChI is InChI=1S/C27H33N5O5/c1-31-23-6-2-5-21(22(23)16-29-31)27(36)37-32(24(11-13-33)26(34)35)20-14-17(15-20)7-9-19-10-8-18-4-3-12-28-25(18)30-19/h2,5-6,8,10,16-17,20,24,33H,3-4,7,9,11-15H2,1H3,(H,28,30)(H,34,35)/t17?,20?,24-/m0/s1. The summed E-state index contributed by atoms with van der Waals surface area (Å²) in [5, 5.41) is 28.9. The van der Waals surface area contributed by atoms with Crippen molar-refractivity contribution in [3.8, 4) is 0 Å². The number of aliphatic hydroxyl groups excluding tert-OH is 1. The Bertz CT molecular complexity index is 1290. The van der Waals surface area contributed by atoms with Crippen LogP contribution in [0.25, 0.3) is 10.9 Å². The van der Waals surface area contributed by atoms with E-state index in [0.29, 0.717) is 29.7 Å². The summed E-state index contributed by atoms with van der Waals surface area (Å²) in [6, 6.07) is 8.15. The molecule has 3 N–H and O–H groups in total. The molecule has 0 bridgehead atoms. The first kappa shape index (κ1) is 25.2. The van der Waals surface area contributed by atoms with Gasteiger partial charge in [-0.05, 0) is 74.6 Å². The van der Waals surface area contributed by atoms with Gasteiger partial charge in [0.1, 0.15) is 11.9 Å². The highest BCUT2D eigenvalue weighted by Gasteiger charge is 2.42. The lowest BCUT2D eigenvalue weighted by Crippen LogP contribution is -2.53. The highest BCUT2D eigenvalue weighted by atomic mass is 16.7. The minimum Gasteiger partial charge on any atom is -0.480 e. The number of carboxylic acids is 1. The second-order valence-electron chi connectivity index (χ2n) is 9.98. The molecule has 2 aliphatic rings. The lowest BCUT2D eigenvalue weighted by atomic mass is 9.76. The Balaban J connectivity index is 1.25. The van der Waals surface area contributed by atoms with E-state index in [1.54, 1.807) is 30.1 Å². The summed E-state index contributed by atoms with van der Waals surface area (Å²) in [5.74, 6) is -0.389. The first-order chi connectivity index (χ1) is 17.9. The molecule has 0 spiro atoms. The third-order valence-electron chi connectivity index (χ3n) is 7.53. The van der Waals surface area contributed by atoms with Gasteiger partial charge in [0.15, 0.2) is 0 Å². The number of hydrogen-bond donors (Lipinski definition) is 3. The predicted molar refractivity (Wildman–Crippen MR) is 137 cm³/mol. The monoisotopic (exact) mass is 507 g/mol. The van der Waals surface area contributed by atoms with Crippen LogP contribution in [0, 0.1) is 5.92 Å². The van der Waals surface area contributed by atoms with Crippen molar-refractivity contribution in [2.75, 3.05) is 18.5 Å². The maximum atomic E-state index is 13.2. The minimum absolute atomic E-state index is 0.0348. The van der Waals surface area contributed by atoms with Crippen molar-refractivity contribution < 1.29 is 24.6 Å². The molecule has 1 aliphatic carbocycles. The fourth-order valence-corrected chi connectivity index (χ4v) is 5.38. The molecule has 37 heavy (non-hydrogen) atoms. The summed E-state index contributed by atoms with van der Waals surface area (Å²) < 4.78 is 1.67. The normalized spacial score (nSPS) is 19.6. The van der Waals surface area contributed by atoms with Gasteiger partial charge in [0.05, 0.1) is 17.3 Å². The number of aliphatic hydroxyl groups is 1. The third kappa shape index (κ3) is 5.30. The fourth-order valence-electron chi connectivity index (χ4n) is 5.38. The van der Waals surface area contributed by atoms with E-state index in [-0.39, 0.29) is 19.1 Å². The topological polar surface area (TPSA) is 130 Å². The van der Waals surface area contributed by atoms with Crippen molar-refractivity contribution in [1.29, 1.82) is 0 Å². The maximum absolute atomic E-state index is 13.2. The van der Waals surface area contributed by atoms with Crippen LogP contribution < -0.4 is 5.32 Å². The Kier molecular flexibility index (Phi) is 7.38. The van der Waals surface area contributed by atoms with Crippen molar-refractivity contribution in [3.63, 3.8) is 0 Å². The largest absolute Gasteiger partial charge is 0.480 e.